The van der Waals surface area contributed by atoms with E-state index in [1.54, 1.807) is 25.3 Å². The summed E-state index contributed by atoms with van der Waals surface area (Å²) in [6.45, 7) is 6.55. The standard InChI is InChI=1S/C29H32ClN5O3/c1-3-12-38-25-8-9-26(21(14-25)15-31)35-11-10-34(18-27(35)20-4-6-24(30)7-5-20)19-29(2,37)23-13-22(28(32)36)16-33-17-23/h4-9,13-14,16-17,27,37H,3,10-12,18-19H2,1-2H3,(H2,32,36)/t27-,29+/m0/s1. The Morgan fingerprint density at radius 1 is 1.24 bits per heavy atom. The average molecular weight is 534 g/mol. The predicted octanol–water partition coefficient (Wildman–Crippen LogP) is 4.27. The minimum absolute atomic E-state index is 0.0959. The summed E-state index contributed by atoms with van der Waals surface area (Å²) in [7, 11) is 0. The molecule has 1 aliphatic rings. The molecule has 1 aliphatic heterocycles. The van der Waals surface area contributed by atoms with Gasteiger partial charge in [-0.2, -0.15) is 5.26 Å². The predicted molar refractivity (Wildman–Crippen MR) is 147 cm³/mol. The summed E-state index contributed by atoms with van der Waals surface area (Å²) >= 11 is 6.18. The Hall–Kier alpha value is -3.64. The Labute approximate surface area is 228 Å². The largest absolute Gasteiger partial charge is 0.494 e. The molecule has 4 rings (SSSR count). The molecule has 2 atom stereocenters. The molecule has 3 N–H and O–H groups in total. The van der Waals surface area contributed by atoms with E-state index in [4.69, 9.17) is 22.1 Å². The molecule has 198 valence electrons. The van der Waals surface area contributed by atoms with E-state index < -0.39 is 11.5 Å². The summed E-state index contributed by atoms with van der Waals surface area (Å²) < 4.78 is 5.75. The number of rotatable bonds is 9. The molecule has 0 radical (unpaired) electrons. The third kappa shape index (κ3) is 6.25. The monoisotopic (exact) mass is 533 g/mol. The summed E-state index contributed by atoms with van der Waals surface area (Å²) in [5, 5.41) is 22.0. The maximum Gasteiger partial charge on any atom is 0.250 e. The van der Waals surface area contributed by atoms with Gasteiger partial charge >= 0.3 is 0 Å². The van der Waals surface area contributed by atoms with Crippen molar-refractivity contribution in [1.29, 1.82) is 5.26 Å². The lowest BCUT2D eigenvalue weighted by Crippen LogP contribution is -2.52. The van der Waals surface area contributed by atoms with Crippen molar-refractivity contribution in [3.63, 3.8) is 0 Å². The second-order valence-electron chi connectivity index (χ2n) is 9.74. The fourth-order valence-corrected chi connectivity index (χ4v) is 4.93. The lowest BCUT2D eigenvalue weighted by molar-refractivity contribution is 0.00998. The van der Waals surface area contributed by atoms with Crippen LogP contribution in [0.4, 0.5) is 5.69 Å². The maximum atomic E-state index is 11.6. The summed E-state index contributed by atoms with van der Waals surface area (Å²) in [5.41, 5.74) is 7.36. The minimum atomic E-state index is -1.26. The molecule has 0 unspecified atom stereocenters. The molecule has 3 aromatic rings. The second kappa shape index (κ2) is 11.8. The number of halogens is 1. The van der Waals surface area contributed by atoms with Crippen LogP contribution >= 0.6 is 11.6 Å². The number of pyridine rings is 1. The van der Waals surface area contributed by atoms with Crippen LogP contribution in [0.2, 0.25) is 5.02 Å². The van der Waals surface area contributed by atoms with E-state index in [-0.39, 0.29) is 11.6 Å². The lowest BCUT2D eigenvalue weighted by Gasteiger charge is -2.45. The van der Waals surface area contributed by atoms with Gasteiger partial charge in [-0.3, -0.25) is 14.7 Å². The number of anilines is 1. The Balaban J connectivity index is 1.62. The SMILES string of the molecule is CCCOc1ccc(N2CCN(C[C@@](C)(O)c3cncc(C(N)=O)c3)C[C@H]2c2ccc(Cl)cc2)c(C#N)c1. The number of carbonyl (C=O) groups is 1. The smallest absolute Gasteiger partial charge is 0.250 e. The topological polar surface area (TPSA) is 116 Å². The molecule has 1 amide bonds. The van der Waals surface area contributed by atoms with Gasteiger partial charge in [-0.15, -0.1) is 0 Å². The number of nitriles is 1. The number of amides is 1. The number of benzene rings is 2. The number of primary amides is 1. The quantitative estimate of drug-likeness (QED) is 0.422. The third-order valence-electron chi connectivity index (χ3n) is 6.77. The van der Waals surface area contributed by atoms with Gasteiger partial charge in [0.2, 0.25) is 5.91 Å². The first kappa shape index (κ1) is 27.4. The minimum Gasteiger partial charge on any atom is -0.494 e. The first-order chi connectivity index (χ1) is 18.2. The van der Waals surface area contributed by atoms with Crippen LogP contribution in [-0.4, -0.2) is 53.7 Å². The van der Waals surface area contributed by atoms with E-state index in [0.29, 0.717) is 54.7 Å². The van der Waals surface area contributed by atoms with Gasteiger partial charge in [-0.1, -0.05) is 30.7 Å². The normalized spacial score (nSPS) is 17.4. The zero-order valence-electron chi connectivity index (χ0n) is 21.6. The van der Waals surface area contributed by atoms with Crippen LogP contribution in [0.25, 0.3) is 0 Å². The number of piperazine rings is 1. The Morgan fingerprint density at radius 3 is 2.68 bits per heavy atom. The summed E-state index contributed by atoms with van der Waals surface area (Å²) in [5.74, 6) is 0.0858. The average Bonchev–Trinajstić information content (AvgIpc) is 2.92. The molecule has 1 fully saturated rings. The number of hydrogen-bond donors (Lipinski definition) is 2. The Morgan fingerprint density at radius 2 is 2.00 bits per heavy atom. The number of nitrogens with zero attached hydrogens (tertiary/aromatic N) is 4. The zero-order valence-corrected chi connectivity index (χ0v) is 22.4. The van der Waals surface area contributed by atoms with Crippen molar-refractivity contribution in [1.82, 2.24) is 9.88 Å². The van der Waals surface area contributed by atoms with Crippen molar-refractivity contribution in [2.75, 3.05) is 37.7 Å². The van der Waals surface area contributed by atoms with Crippen molar-refractivity contribution in [3.05, 3.63) is 88.2 Å². The summed E-state index contributed by atoms with van der Waals surface area (Å²) in [6.07, 6.45) is 3.83. The number of nitrogens with two attached hydrogens (primary N) is 1. The molecule has 0 bridgehead atoms. The molecular formula is C29H32ClN5O3. The number of aromatic nitrogens is 1. The maximum absolute atomic E-state index is 11.6. The second-order valence-corrected chi connectivity index (χ2v) is 10.2. The highest BCUT2D eigenvalue weighted by molar-refractivity contribution is 6.30. The van der Waals surface area contributed by atoms with Gasteiger partial charge in [0, 0.05) is 49.2 Å². The van der Waals surface area contributed by atoms with Gasteiger partial charge in [-0.05, 0) is 55.3 Å². The molecule has 9 heteroatoms. The van der Waals surface area contributed by atoms with Gasteiger partial charge in [0.1, 0.15) is 17.4 Å². The van der Waals surface area contributed by atoms with Crippen molar-refractivity contribution >= 4 is 23.2 Å². The molecular weight excluding hydrogens is 502 g/mol. The van der Waals surface area contributed by atoms with Crippen LogP contribution in [0.3, 0.4) is 0 Å². The summed E-state index contributed by atoms with van der Waals surface area (Å²) in [4.78, 5) is 20.1. The number of β-amino-alcohol motifs (C(OH)–C–C–N with tert-alkyl or cyclic N) is 1. The number of ether oxygens (including phenoxy) is 1. The van der Waals surface area contributed by atoms with Gasteiger partial charge in [0.05, 0.1) is 29.5 Å². The van der Waals surface area contributed by atoms with E-state index in [1.807, 2.05) is 43.3 Å². The number of hydrogen-bond acceptors (Lipinski definition) is 7. The zero-order chi connectivity index (χ0) is 27.3. The molecule has 2 aromatic carbocycles. The lowest BCUT2D eigenvalue weighted by atomic mass is 9.94. The summed E-state index contributed by atoms with van der Waals surface area (Å²) in [6, 6.07) is 17.2. The van der Waals surface area contributed by atoms with Gasteiger partial charge < -0.3 is 20.5 Å². The van der Waals surface area contributed by atoms with E-state index in [9.17, 15) is 15.2 Å². The van der Waals surface area contributed by atoms with Crippen LogP contribution in [0.15, 0.2) is 60.9 Å². The van der Waals surface area contributed by atoms with E-state index in [1.165, 1.54) is 6.20 Å². The molecule has 0 aliphatic carbocycles. The van der Waals surface area contributed by atoms with Crippen LogP contribution in [0.5, 0.6) is 5.75 Å². The number of aliphatic hydroxyl groups is 1. The van der Waals surface area contributed by atoms with E-state index in [0.717, 1.165) is 17.7 Å². The Kier molecular flexibility index (Phi) is 8.52. The molecule has 2 heterocycles. The van der Waals surface area contributed by atoms with Crippen LogP contribution < -0.4 is 15.4 Å². The van der Waals surface area contributed by atoms with Crippen molar-refractivity contribution in [3.8, 4) is 11.8 Å². The van der Waals surface area contributed by atoms with E-state index >= 15 is 0 Å². The molecule has 38 heavy (non-hydrogen) atoms. The fourth-order valence-electron chi connectivity index (χ4n) is 4.80. The Bertz CT molecular complexity index is 1320. The van der Waals surface area contributed by atoms with E-state index in [2.05, 4.69) is 20.9 Å². The van der Waals surface area contributed by atoms with Crippen molar-refractivity contribution in [2.45, 2.75) is 31.9 Å². The van der Waals surface area contributed by atoms with Crippen molar-refractivity contribution in [2.24, 2.45) is 5.73 Å². The molecule has 8 nitrogen and oxygen atoms in total. The van der Waals surface area contributed by atoms with Crippen LogP contribution in [-0.2, 0) is 5.60 Å². The number of carbonyl (C=O) groups excluding carboxylic acids is 1. The third-order valence-corrected chi connectivity index (χ3v) is 7.02. The molecule has 1 aromatic heterocycles. The molecule has 1 saturated heterocycles. The first-order valence-corrected chi connectivity index (χ1v) is 13.0. The fraction of sp³-hybridized carbons (Fsp3) is 0.345. The molecule has 0 spiro atoms. The van der Waals surface area contributed by atoms with Gasteiger partial charge in [0.25, 0.3) is 0 Å². The van der Waals surface area contributed by atoms with Crippen LogP contribution in [0, 0.1) is 11.3 Å². The first-order valence-electron chi connectivity index (χ1n) is 12.6. The van der Waals surface area contributed by atoms with Crippen molar-refractivity contribution < 1.29 is 14.6 Å². The highest BCUT2D eigenvalue weighted by Gasteiger charge is 2.34. The highest BCUT2D eigenvalue weighted by Crippen LogP contribution is 2.36. The molecule has 0 saturated carbocycles. The highest BCUT2D eigenvalue weighted by atomic mass is 35.5. The van der Waals surface area contributed by atoms with Gasteiger partial charge in [-0.25, -0.2) is 0 Å². The van der Waals surface area contributed by atoms with Gasteiger partial charge in [0.15, 0.2) is 0 Å². The van der Waals surface area contributed by atoms with Crippen LogP contribution in [0.1, 0.15) is 53.4 Å².